The molecule has 0 N–H and O–H groups in total. The van der Waals surface area contributed by atoms with Crippen LogP contribution in [0.4, 0.5) is 5.82 Å². The molecule has 0 spiro atoms. The molecular formula is C18H22N8O. The zero-order valence-corrected chi connectivity index (χ0v) is 15.3. The highest BCUT2D eigenvalue weighted by atomic mass is 16.2. The first-order valence-electron chi connectivity index (χ1n) is 9.18. The van der Waals surface area contributed by atoms with E-state index in [-0.39, 0.29) is 11.9 Å². The Morgan fingerprint density at radius 2 is 2.22 bits per heavy atom. The number of terminal acetylenes is 1. The molecule has 4 heterocycles. The lowest BCUT2D eigenvalue weighted by Gasteiger charge is -2.40. The molecule has 0 radical (unpaired) electrons. The maximum Gasteiger partial charge on any atom is 0.222 e. The average Bonchev–Trinajstić information content (AvgIpc) is 3.29. The minimum atomic E-state index is -0.400. The predicted octanol–water partition coefficient (Wildman–Crippen LogP) is 1.52. The molecule has 2 aromatic heterocycles. The Bertz CT molecular complexity index is 907. The minimum absolute atomic E-state index is 0.142. The third kappa shape index (κ3) is 3.47. The number of anilines is 1. The van der Waals surface area contributed by atoms with Gasteiger partial charge in [0.15, 0.2) is 11.5 Å². The van der Waals surface area contributed by atoms with Crippen LogP contribution < -0.4 is 4.90 Å². The molecule has 9 nitrogen and oxygen atoms in total. The third-order valence-corrected chi connectivity index (χ3v) is 5.24. The van der Waals surface area contributed by atoms with Crippen molar-refractivity contribution in [3.63, 3.8) is 0 Å². The van der Waals surface area contributed by atoms with Crippen LogP contribution in [0, 0.1) is 12.3 Å². The zero-order chi connectivity index (χ0) is 18.9. The van der Waals surface area contributed by atoms with E-state index in [1.807, 2.05) is 15.5 Å². The van der Waals surface area contributed by atoms with Gasteiger partial charge in [0.25, 0.3) is 0 Å². The highest BCUT2D eigenvalue weighted by Gasteiger charge is 2.40. The quantitative estimate of drug-likeness (QED) is 0.723. The Balaban J connectivity index is 1.35. The molecule has 2 aliphatic rings. The molecule has 0 saturated carbocycles. The Hall–Kier alpha value is -3.02. The van der Waals surface area contributed by atoms with E-state index in [0.29, 0.717) is 38.9 Å². The van der Waals surface area contributed by atoms with Crippen LogP contribution in [0.5, 0.6) is 0 Å². The van der Waals surface area contributed by atoms with Gasteiger partial charge in [0.2, 0.25) is 11.6 Å². The second-order valence-corrected chi connectivity index (χ2v) is 7.08. The largest absolute Gasteiger partial charge is 0.347 e. The first-order chi connectivity index (χ1) is 13.1. The number of carbonyl (C=O) groups is 1. The fourth-order valence-corrected chi connectivity index (χ4v) is 3.58. The number of piperazine rings is 1. The van der Waals surface area contributed by atoms with Crippen molar-refractivity contribution < 1.29 is 4.79 Å². The van der Waals surface area contributed by atoms with Crippen LogP contribution in [0.15, 0.2) is 28.9 Å². The van der Waals surface area contributed by atoms with Gasteiger partial charge in [-0.25, -0.2) is 4.98 Å². The number of nitrogens with zero attached hydrogens (tertiary/aromatic N) is 8. The van der Waals surface area contributed by atoms with E-state index in [1.54, 1.807) is 12.5 Å². The number of amides is 1. The summed E-state index contributed by atoms with van der Waals surface area (Å²) >= 11 is 0. The Kier molecular flexibility index (Phi) is 4.48. The van der Waals surface area contributed by atoms with Crippen LogP contribution in [0.2, 0.25) is 0 Å². The van der Waals surface area contributed by atoms with E-state index < -0.39 is 5.66 Å². The van der Waals surface area contributed by atoms with Crippen LogP contribution in [0.1, 0.15) is 32.6 Å². The second kappa shape index (κ2) is 6.95. The summed E-state index contributed by atoms with van der Waals surface area (Å²) in [4.78, 5) is 21.2. The van der Waals surface area contributed by atoms with E-state index >= 15 is 0 Å². The van der Waals surface area contributed by atoms with Crippen LogP contribution >= 0.6 is 0 Å². The molecule has 2 aliphatic heterocycles. The summed E-state index contributed by atoms with van der Waals surface area (Å²) in [6, 6.07) is 0.142. The summed E-state index contributed by atoms with van der Waals surface area (Å²) in [6.45, 7) is 4.12. The molecule has 4 rings (SSSR count). The van der Waals surface area contributed by atoms with E-state index in [1.165, 1.54) is 0 Å². The summed E-state index contributed by atoms with van der Waals surface area (Å²) in [5.41, 5.74) is 0.333. The van der Waals surface area contributed by atoms with Crippen molar-refractivity contribution in [1.29, 1.82) is 0 Å². The molecule has 9 heteroatoms. The SMILES string of the molecule is C#CCCC1(CCC(=O)N2CCN(c3nccn4cnnc34)C(C)C2)N=N1. The maximum atomic E-state index is 12.6. The lowest BCUT2D eigenvalue weighted by atomic mass is 10.0. The number of fused-ring (bicyclic) bond motifs is 1. The number of rotatable bonds is 6. The molecular weight excluding hydrogens is 344 g/mol. The summed E-state index contributed by atoms with van der Waals surface area (Å²) in [5, 5.41) is 16.3. The van der Waals surface area contributed by atoms with Gasteiger partial charge in [0, 0.05) is 63.8 Å². The average molecular weight is 366 g/mol. The van der Waals surface area contributed by atoms with Gasteiger partial charge in [0.05, 0.1) is 0 Å². The molecule has 27 heavy (non-hydrogen) atoms. The molecule has 1 atom stereocenters. The van der Waals surface area contributed by atoms with Crippen LogP contribution in [-0.2, 0) is 4.79 Å². The molecule has 0 bridgehead atoms. The van der Waals surface area contributed by atoms with E-state index in [4.69, 9.17) is 6.42 Å². The lowest BCUT2D eigenvalue weighted by molar-refractivity contribution is -0.132. The van der Waals surface area contributed by atoms with Crippen molar-refractivity contribution in [1.82, 2.24) is 24.5 Å². The van der Waals surface area contributed by atoms with Crippen molar-refractivity contribution in [2.45, 2.75) is 44.3 Å². The Morgan fingerprint density at radius 3 is 2.96 bits per heavy atom. The van der Waals surface area contributed by atoms with Crippen LogP contribution in [-0.4, -0.2) is 61.7 Å². The number of hydrogen-bond donors (Lipinski definition) is 0. The molecule has 1 saturated heterocycles. The van der Waals surface area contributed by atoms with Gasteiger partial charge >= 0.3 is 0 Å². The minimum Gasteiger partial charge on any atom is -0.347 e. The standard InChI is InChI=1S/C18H22N8O/c1-3-4-6-18(22-23-18)7-5-15(27)24-10-11-26(14(2)12-24)16-17-21-20-13-25(17)9-8-19-16/h1,8-9,13-14H,4-7,10-12H2,2H3. The number of carbonyl (C=O) groups excluding carboxylic acids is 1. The van der Waals surface area contributed by atoms with Gasteiger partial charge in [-0.3, -0.25) is 9.20 Å². The summed E-state index contributed by atoms with van der Waals surface area (Å²) in [7, 11) is 0. The topological polar surface area (TPSA) is 91.4 Å². The molecule has 2 aromatic rings. The van der Waals surface area contributed by atoms with Gasteiger partial charge in [-0.05, 0) is 6.92 Å². The predicted molar refractivity (Wildman–Crippen MR) is 99.1 cm³/mol. The second-order valence-electron chi connectivity index (χ2n) is 7.08. The maximum absolute atomic E-state index is 12.6. The third-order valence-electron chi connectivity index (χ3n) is 5.24. The smallest absolute Gasteiger partial charge is 0.222 e. The first-order valence-corrected chi connectivity index (χ1v) is 9.18. The van der Waals surface area contributed by atoms with Crippen molar-refractivity contribution in [2.24, 2.45) is 10.2 Å². The number of hydrogen-bond acceptors (Lipinski definition) is 7. The van der Waals surface area contributed by atoms with E-state index in [2.05, 4.69) is 43.2 Å². The summed E-state index contributed by atoms with van der Waals surface area (Å²) in [5.74, 6) is 3.56. The molecule has 1 fully saturated rings. The van der Waals surface area contributed by atoms with Crippen molar-refractivity contribution >= 4 is 17.4 Å². The molecule has 0 aliphatic carbocycles. The zero-order valence-electron chi connectivity index (χ0n) is 15.3. The van der Waals surface area contributed by atoms with Crippen LogP contribution in [0.25, 0.3) is 5.65 Å². The van der Waals surface area contributed by atoms with E-state index in [9.17, 15) is 4.79 Å². The highest BCUT2D eigenvalue weighted by Crippen LogP contribution is 2.37. The summed E-state index contributed by atoms with van der Waals surface area (Å²) < 4.78 is 1.85. The van der Waals surface area contributed by atoms with Crippen molar-refractivity contribution in [3.8, 4) is 12.3 Å². The van der Waals surface area contributed by atoms with Gasteiger partial charge < -0.3 is 9.80 Å². The van der Waals surface area contributed by atoms with E-state index in [0.717, 1.165) is 17.9 Å². The number of aromatic nitrogens is 4. The lowest BCUT2D eigenvalue weighted by Crippen LogP contribution is -2.54. The van der Waals surface area contributed by atoms with Crippen molar-refractivity contribution in [3.05, 3.63) is 18.7 Å². The Morgan fingerprint density at radius 1 is 1.37 bits per heavy atom. The summed E-state index contributed by atoms with van der Waals surface area (Å²) in [6.07, 6.45) is 13.0. The molecule has 1 amide bonds. The van der Waals surface area contributed by atoms with Gasteiger partial charge in [0.1, 0.15) is 6.33 Å². The normalized spacial score (nSPS) is 20.7. The fourth-order valence-electron chi connectivity index (χ4n) is 3.58. The van der Waals surface area contributed by atoms with Crippen molar-refractivity contribution in [2.75, 3.05) is 24.5 Å². The fraction of sp³-hybridized carbons (Fsp3) is 0.556. The monoisotopic (exact) mass is 366 g/mol. The van der Waals surface area contributed by atoms with Gasteiger partial charge in [-0.1, -0.05) is 0 Å². The Labute approximate surface area is 157 Å². The molecule has 1 unspecified atom stereocenters. The molecule has 0 aromatic carbocycles. The highest BCUT2D eigenvalue weighted by molar-refractivity contribution is 5.77. The van der Waals surface area contributed by atoms with Crippen LogP contribution in [0.3, 0.4) is 0 Å². The molecule has 140 valence electrons. The van der Waals surface area contributed by atoms with Gasteiger partial charge in [-0.2, -0.15) is 10.2 Å². The first kappa shape index (κ1) is 17.4. The van der Waals surface area contributed by atoms with Gasteiger partial charge in [-0.15, -0.1) is 22.5 Å².